The molecule has 15 heavy (non-hydrogen) atoms. The van der Waals surface area contributed by atoms with Crippen molar-refractivity contribution in [3.63, 3.8) is 0 Å². The summed E-state index contributed by atoms with van der Waals surface area (Å²) in [5.74, 6) is 1.25. The molecule has 0 radical (unpaired) electrons. The van der Waals surface area contributed by atoms with Crippen LogP contribution in [0.1, 0.15) is 24.5 Å². The standard InChI is InChI=1S/C8H8N6O/c1-2-6-11-8(15-13-6)4-14-5-10-7(3-9)12-14/h5H,2,4H2,1H3. The van der Waals surface area contributed by atoms with Crippen molar-refractivity contribution < 1.29 is 4.52 Å². The van der Waals surface area contributed by atoms with Gasteiger partial charge in [0.1, 0.15) is 18.9 Å². The first kappa shape index (κ1) is 9.33. The second-order valence-corrected chi connectivity index (χ2v) is 2.84. The molecule has 0 amide bonds. The predicted molar refractivity (Wildman–Crippen MR) is 47.5 cm³/mol. The Kier molecular flexibility index (Phi) is 2.41. The molecule has 2 heterocycles. The van der Waals surface area contributed by atoms with Crippen molar-refractivity contribution in [2.24, 2.45) is 0 Å². The molecule has 0 bridgehead atoms. The fraction of sp³-hybridized carbons (Fsp3) is 0.375. The molecule has 0 unspecified atom stereocenters. The second kappa shape index (κ2) is 3.88. The minimum atomic E-state index is 0.130. The van der Waals surface area contributed by atoms with Crippen LogP contribution < -0.4 is 0 Å². The molecule has 2 aromatic heterocycles. The lowest BCUT2D eigenvalue weighted by Crippen LogP contribution is -2.01. The van der Waals surface area contributed by atoms with Crippen LogP contribution in [0.4, 0.5) is 0 Å². The van der Waals surface area contributed by atoms with E-state index in [2.05, 4.69) is 20.2 Å². The molecule has 0 aliphatic rings. The lowest BCUT2D eigenvalue weighted by molar-refractivity contribution is 0.361. The summed E-state index contributed by atoms with van der Waals surface area (Å²) in [4.78, 5) is 7.87. The van der Waals surface area contributed by atoms with E-state index in [4.69, 9.17) is 9.78 Å². The highest BCUT2D eigenvalue weighted by Gasteiger charge is 2.06. The molecular formula is C8H8N6O. The van der Waals surface area contributed by atoms with Crippen LogP contribution >= 0.6 is 0 Å². The number of aryl methyl sites for hydroxylation is 1. The largest absolute Gasteiger partial charge is 0.337 e. The van der Waals surface area contributed by atoms with Gasteiger partial charge in [0.25, 0.3) is 5.82 Å². The van der Waals surface area contributed by atoms with Gasteiger partial charge in [0, 0.05) is 6.42 Å². The minimum Gasteiger partial charge on any atom is -0.337 e. The summed E-state index contributed by atoms with van der Waals surface area (Å²) >= 11 is 0. The predicted octanol–water partition coefficient (Wildman–Crippen LogP) is 0.143. The molecule has 76 valence electrons. The lowest BCUT2D eigenvalue weighted by atomic mass is 10.5. The molecule has 0 fully saturated rings. The monoisotopic (exact) mass is 204 g/mol. The van der Waals surface area contributed by atoms with Gasteiger partial charge in [-0.15, -0.1) is 5.10 Å². The van der Waals surface area contributed by atoms with Crippen LogP contribution in [0.5, 0.6) is 0 Å². The smallest absolute Gasteiger partial charge is 0.252 e. The third-order valence-electron chi connectivity index (χ3n) is 1.76. The van der Waals surface area contributed by atoms with Crippen LogP contribution in [0.15, 0.2) is 10.9 Å². The molecule has 0 aliphatic heterocycles. The Morgan fingerprint density at radius 2 is 2.47 bits per heavy atom. The van der Waals surface area contributed by atoms with Crippen LogP contribution in [-0.2, 0) is 13.0 Å². The maximum absolute atomic E-state index is 8.52. The van der Waals surface area contributed by atoms with Gasteiger partial charge in [0.15, 0.2) is 5.82 Å². The van der Waals surface area contributed by atoms with Crippen molar-refractivity contribution in [3.8, 4) is 6.07 Å². The molecule has 0 N–H and O–H groups in total. The van der Waals surface area contributed by atoms with Gasteiger partial charge in [-0.2, -0.15) is 10.2 Å². The van der Waals surface area contributed by atoms with Gasteiger partial charge >= 0.3 is 0 Å². The highest BCUT2D eigenvalue weighted by Crippen LogP contribution is 2.00. The zero-order chi connectivity index (χ0) is 10.7. The van der Waals surface area contributed by atoms with Gasteiger partial charge in [0.2, 0.25) is 5.89 Å². The summed E-state index contributed by atoms with van der Waals surface area (Å²) in [7, 11) is 0. The van der Waals surface area contributed by atoms with Crippen LogP contribution in [0.25, 0.3) is 0 Å². The Morgan fingerprint density at radius 1 is 1.60 bits per heavy atom. The van der Waals surface area contributed by atoms with Crippen molar-refractivity contribution >= 4 is 0 Å². The summed E-state index contributed by atoms with van der Waals surface area (Å²) in [5.41, 5.74) is 0. The van der Waals surface area contributed by atoms with Crippen molar-refractivity contribution in [1.82, 2.24) is 24.9 Å². The highest BCUT2D eigenvalue weighted by molar-refractivity contribution is 5.05. The van der Waals surface area contributed by atoms with E-state index in [1.54, 1.807) is 0 Å². The Balaban J connectivity index is 2.11. The average Bonchev–Trinajstić information content (AvgIpc) is 2.87. The Hall–Kier alpha value is -2.23. The third-order valence-corrected chi connectivity index (χ3v) is 1.76. The number of rotatable bonds is 3. The Labute approximate surface area is 85.4 Å². The topological polar surface area (TPSA) is 93.4 Å². The van der Waals surface area contributed by atoms with Crippen LogP contribution in [0.2, 0.25) is 0 Å². The van der Waals surface area contributed by atoms with Gasteiger partial charge in [-0.05, 0) is 0 Å². The maximum atomic E-state index is 8.52. The molecule has 2 aromatic rings. The highest BCUT2D eigenvalue weighted by atomic mass is 16.5. The fourth-order valence-electron chi connectivity index (χ4n) is 1.06. The Morgan fingerprint density at radius 3 is 3.07 bits per heavy atom. The average molecular weight is 204 g/mol. The van der Waals surface area contributed by atoms with Crippen LogP contribution in [0.3, 0.4) is 0 Å². The maximum Gasteiger partial charge on any atom is 0.252 e. The van der Waals surface area contributed by atoms with Crippen molar-refractivity contribution in [1.29, 1.82) is 5.26 Å². The van der Waals surface area contributed by atoms with Crippen LogP contribution in [-0.4, -0.2) is 24.9 Å². The van der Waals surface area contributed by atoms with Crippen molar-refractivity contribution in [3.05, 3.63) is 23.9 Å². The van der Waals surface area contributed by atoms with E-state index >= 15 is 0 Å². The van der Waals surface area contributed by atoms with E-state index < -0.39 is 0 Å². The SMILES string of the molecule is CCc1noc(Cn2cnc(C#N)n2)n1. The normalized spacial score (nSPS) is 10.1. The molecular weight excluding hydrogens is 196 g/mol. The van der Waals surface area contributed by atoms with Gasteiger partial charge < -0.3 is 4.52 Å². The quantitative estimate of drug-likeness (QED) is 0.706. The molecule has 7 nitrogen and oxygen atoms in total. The Bertz CT molecular complexity index is 493. The molecule has 0 aliphatic carbocycles. The van der Waals surface area contributed by atoms with Crippen molar-refractivity contribution in [2.45, 2.75) is 19.9 Å². The first-order valence-corrected chi connectivity index (χ1v) is 4.43. The van der Waals surface area contributed by atoms with E-state index in [-0.39, 0.29) is 5.82 Å². The fourth-order valence-corrected chi connectivity index (χ4v) is 1.06. The second-order valence-electron chi connectivity index (χ2n) is 2.84. The van der Waals surface area contributed by atoms with Gasteiger partial charge in [0.05, 0.1) is 0 Å². The van der Waals surface area contributed by atoms with E-state index in [1.807, 2.05) is 13.0 Å². The molecule has 0 atom stereocenters. The zero-order valence-electron chi connectivity index (χ0n) is 8.08. The first-order valence-electron chi connectivity index (χ1n) is 4.43. The molecule has 0 spiro atoms. The van der Waals surface area contributed by atoms with Gasteiger partial charge in [-0.1, -0.05) is 12.1 Å². The molecule has 2 rings (SSSR count). The number of nitrogens with zero attached hydrogens (tertiary/aromatic N) is 6. The lowest BCUT2D eigenvalue weighted by Gasteiger charge is -1.91. The molecule has 0 saturated heterocycles. The number of hydrogen-bond donors (Lipinski definition) is 0. The summed E-state index contributed by atoms with van der Waals surface area (Å²) in [6.45, 7) is 2.28. The summed E-state index contributed by atoms with van der Waals surface area (Å²) in [5, 5.41) is 16.1. The number of nitriles is 1. The van der Waals surface area contributed by atoms with E-state index in [0.29, 0.717) is 18.3 Å². The van der Waals surface area contributed by atoms with Crippen LogP contribution in [0, 0.1) is 11.3 Å². The van der Waals surface area contributed by atoms with E-state index in [0.717, 1.165) is 6.42 Å². The number of hydrogen-bond acceptors (Lipinski definition) is 6. The number of aromatic nitrogens is 5. The van der Waals surface area contributed by atoms with Gasteiger partial charge in [-0.3, -0.25) is 0 Å². The summed E-state index contributed by atoms with van der Waals surface area (Å²) in [6.07, 6.45) is 2.18. The van der Waals surface area contributed by atoms with E-state index in [1.165, 1.54) is 11.0 Å². The molecule has 0 aromatic carbocycles. The summed E-state index contributed by atoms with van der Waals surface area (Å²) in [6, 6.07) is 1.84. The third kappa shape index (κ3) is 1.99. The molecule has 0 saturated carbocycles. The van der Waals surface area contributed by atoms with Gasteiger partial charge in [-0.25, -0.2) is 9.67 Å². The zero-order valence-corrected chi connectivity index (χ0v) is 8.08. The first-order chi connectivity index (χ1) is 7.31. The summed E-state index contributed by atoms with van der Waals surface area (Å²) < 4.78 is 6.45. The van der Waals surface area contributed by atoms with E-state index in [9.17, 15) is 0 Å². The van der Waals surface area contributed by atoms with Crippen molar-refractivity contribution in [2.75, 3.05) is 0 Å². The minimum absolute atomic E-state index is 0.130. The molecule has 7 heteroatoms.